The topological polar surface area (TPSA) is 12.5 Å². The van der Waals surface area contributed by atoms with Crippen molar-refractivity contribution in [1.29, 1.82) is 0 Å². The molecular formula is C21H32O. The highest BCUT2D eigenvalue weighted by atomic mass is 16.6. The van der Waals surface area contributed by atoms with Gasteiger partial charge in [0, 0.05) is 0 Å². The van der Waals surface area contributed by atoms with E-state index in [4.69, 9.17) is 4.74 Å². The summed E-state index contributed by atoms with van der Waals surface area (Å²) in [5.74, 6) is 3.72. The SMILES string of the molecule is CC[C@H]1CC[C@H]2[C@@H]3[C@@H]4OC4C4=CCCC[C@]4(C)[C@H]3CC[C@]12C. The maximum absolute atomic E-state index is 6.34. The normalized spacial score (nSPS) is 59.0. The highest BCUT2D eigenvalue weighted by Crippen LogP contribution is 2.70. The summed E-state index contributed by atoms with van der Waals surface area (Å²) >= 11 is 0. The third kappa shape index (κ3) is 1.55. The van der Waals surface area contributed by atoms with Gasteiger partial charge in [0.15, 0.2) is 0 Å². The van der Waals surface area contributed by atoms with Crippen molar-refractivity contribution in [3.05, 3.63) is 11.6 Å². The van der Waals surface area contributed by atoms with E-state index in [-0.39, 0.29) is 0 Å². The average molecular weight is 300 g/mol. The molecule has 4 fully saturated rings. The molecule has 5 aliphatic rings. The molecule has 1 heterocycles. The number of allylic oxidation sites excluding steroid dienone is 1. The van der Waals surface area contributed by atoms with Crippen molar-refractivity contribution >= 4 is 0 Å². The average Bonchev–Trinajstić information content (AvgIpc) is 3.22. The van der Waals surface area contributed by atoms with Crippen LogP contribution in [0.2, 0.25) is 0 Å². The van der Waals surface area contributed by atoms with Crippen molar-refractivity contribution in [2.45, 2.75) is 84.3 Å². The van der Waals surface area contributed by atoms with Crippen LogP contribution < -0.4 is 0 Å². The lowest BCUT2D eigenvalue weighted by molar-refractivity contribution is -0.0481. The highest BCUT2D eigenvalue weighted by Gasteiger charge is 2.68. The Morgan fingerprint density at radius 1 is 1.14 bits per heavy atom. The Kier molecular flexibility index (Phi) is 2.82. The number of hydrogen-bond donors (Lipinski definition) is 0. The van der Waals surface area contributed by atoms with Gasteiger partial charge < -0.3 is 4.74 Å². The van der Waals surface area contributed by atoms with E-state index in [0.717, 1.165) is 23.7 Å². The van der Waals surface area contributed by atoms with Crippen molar-refractivity contribution in [3.63, 3.8) is 0 Å². The Balaban J connectivity index is 1.55. The molecule has 22 heavy (non-hydrogen) atoms. The van der Waals surface area contributed by atoms with Crippen LogP contribution in [0.25, 0.3) is 0 Å². The van der Waals surface area contributed by atoms with E-state index in [1.54, 1.807) is 5.57 Å². The quantitative estimate of drug-likeness (QED) is 0.469. The van der Waals surface area contributed by atoms with Gasteiger partial charge in [0.05, 0.1) is 6.10 Å². The first-order valence-electron chi connectivity index (χ1n) is 9.95. The lowest BCUT2D eigenvalue weighted by Gasteiger charge is -2.56. The van der Waals surface area contributed by atoms with Gasteiger partial charge in [-0.3, -0.25) is 0 Å². The highest BCUT2D eigenvalue weighted by molar-refractivity contribution is 5.34. The Hall–Kier alpha value is -0.300. The van der Waals surface area contributed by atoms with Crippen LogP contribution in [0.1, 0.15) is 72.1 Å². The summed E-state index contributed by atoms with van der Waals surface area (Å²) in [6.45, 7) is 7.66. The second kappa shape index (κ2) is 4.41. The zero-order chi connectivity index (χ0) is 15.1. The number of ether oxygens (including phenoxy) is 1. The van der Waals surface area contributed by atoms with Crippen LogP contribution in [0.4, 0.5) is 0 Å². The lowest BCUT2D eigenvalue weighted by atomic mass is 9.47. The van der Waals surface area contributed by atoms with Crippen molar-refractivity contribution in [2.24, 2.45) is 34.5 Å². The molecular weight excluding hydrogens is 268 g/mol. The smallest absolute Gasteiger partial charge is 0.106 e. The fourth-order valence-corrected chi connectivity index (χ4v) is 7.79. The summed E-state index contributed by atoms with van der Waals surface area (Å²) in [5.41, 5.74) is 2.82. The van der Waals surface area contributed by atoms with Gasteiger partial charge in [-0.25, -0.2) is 0 Å². The standard InChI is InChI=1S/C21H32O/c1-4-13-8-9-14-17-15(10-12-20(13,14)2)21(3)11-6-5-7-16(21)18-19(17)22-18/h7,13-15,17-19H,4-6,8-12H2,1-3H3/t13-,14-,15-,17-,18?,19-,20+,21+/m0/s1. The molecule has 0 aromatic carbocycles. The van der Waals surface area contributed by atoms with Gasteiger partial charge in [0.1, 0.15) is 6.10 Å². The lowest BCUT2D eigenvalue weighted by Crippen LogP contribution is -2.53. The third-order valence-corrected chi connectivity index (χ3v) is 8.98. The number of hydrogen-bond acceptors (Lipinski definition) is 1. The molecule has 1 heteroatoms. The Bertz CT molecular complexity index is 522. The molecule has 0 amide bonds. The van der Waals surface area contributed by atoms with Gasteiger partial charge in [-0.05, 0) is 85.0 Å². The fraction of sp³-hybridized carbons (Fsp3) is 0.905. The number of fused-ring (bicyclic) bond motifs is 8. The summed E-state index contributed by atoms with van der Waals surface area (Å²) in [6.07, 6.45) is 15.1. The molecule has 3 saturated carbocycles. The summed E-state index contributed by atoms with van der Waals surface area (Å²) in [7, 11) is 0. The Morgan fingerprint density at radius 2 is 2.00 bits per heavy atom. The van der Waals surface area contributed by atoms with Crippen LogP contribution in [0, 0.1) is 34.5 Å². The van der Waals surface area contributed by atoms with E-state index >= 15 is 0 Å². The zero-order valence-electron chi connectivity index (χ0n) is 14.6. The molecule has 1 unspecified atom stereocenters. The van der Waals surface area contributed by atoms with E-state index in [1.807, 2.05) is 0 Å². The fourth-order valence-electron chi connectivity index (χ4n) is 7.79. The van der Waals surface area contributed by atoms with E-state index in [0.29, 0.717) is 23.0 Å². The minimum Gasteiger partial charge on any atom is -0.365 e. The van der Waals surface area contributed by atoms with Crippen LogP contribution >= 0.6 is 0 Å². The second-order valence-corrected chi connectivity index (χ2v) is 9.51. The van der Waals surface area contributed by atoms with Crippen LogP contribution in [-0.2, 0) is 4.74 Å². The van der Waals surface area contributed by atoms with E-state index < -0.39 is 0 Å². The van der Waals surface area contributed by atoms with Crippen LogP contribution in [0.15, 0.2) is 11.6 Å². The molecule has 8 atom stereocenters. The minimum atomic E-state index is 0.478. The predicted molar refractivity (Wildman–Crippen MR) is 89.5 cm³/mol. The number of epoxide rings is 1. The van der Waals surface area contributed by atoms with Crippen LogP contribution in [0.3, 0.4) is 0 Å². The van der Waals surface area contributed by atoms with E-state index in [2.05, 4.69) is 26.8 Å². The summed E-state index contributed by atoms with van der Waals surface area (Å²) in [6, 6.07) is 0. The van der Waals surface area contributed by atoms with Gasteiger partial charge in [0.2, 0.25) is 0 Å². The van der Waals surface area contributed by atoms with Crippen molar-refractivity contribution in [3.8, 4) is 0 Å². The number of rotatable bonds is 1. The van der Waals surface area contributed by atoms with Crippen LogP contribution in [-0.4, -0.2) is 12.2 Å². The first kappa shape index (κ1) is 14.1. The molecule has 0 spiro atoms. The molecule has 1 saturated heterocycles. The van der Waals surface area contributed by atoms with Gasteiger partial charge in [-0.2, -0.15) is 0 Å². The molecule has 4 aliphatic carbocycles. The molecule has 1 nitrogen and oxygen atoms in total. The largest absolute Gasteiger partial charge is 0.365 e. The molecule has 1 aliphatic heterocycles. The molecule has 0 N–H and O–H groups in total. The van der Waals surface area contributed by atoms with Gasteiger partial charge in [0.25, 0.3) is 0 Å². The third-order valence-electron chi connectivity index (χ3n) is 8.98. The minimum absolute atomic E-state index is 0.478. The Labute approximate surface area is 135 Å². The van der Waals surface area contributed by atoms with Crippen molar-refractivity contribution in [2.75, 3.05) is 0 Å². The monoisotopic (exact) mass is 300 g/mol. The van der Waals surface area contributed by atoms with Crippen molar-refractivity contribution < 1.29 is 4.74 Å². The second-order valence-electron chi connectivity index (χ2n) is 9.51. The first-order chi connectivity index (χ1) is 10.6. The first-order valence-corrected chi connectivity index (χ1v) is 9.95. The molecule has 0 bridgehead atoms. The summed E-state index contributed by atoms with van der Waals surface area (Å²) in [5, 5.41) is 0. The van der Waals surface area contributed by atoms with Crippen LogP contribution in [0.5, 0.6) is 0 Å². The maximum atomic E-state index is 6.34. The predicted octanol–water partition coefficient (Wildman–Crippen LogP) is 5.35. The molecule has 5 rings (SSSR count). The van der Waals surface area contributed by atoms with Gasteiger partial charge in [-0.1, -0.05) is 33.3 Å². The van der Waals surface area contributed by atoms with Crippen molar-refractivity contribution in [1.82, 2.24) is 0 Å². The van der Waals surface area contributed by atoms with E-state index in [1.165, 1.54) is 51.4 Å². The Morgan fingerprint density at radius 3 is 2.82 bits per heavy atom. The molecule has 0 radical (unpaired) electrons. The van der Waals surface area contributed by atoms with E-state index in [9.17, 15) is 0 Å². The van der Waals surface area contributed by atoms with Gasteiger partial charge >= 0.3 is 0 Å². The zero-order valence-corrected chi connectivity index (χ0v) is 14.6. The van der Waals surface area contributed by atoms with Gasteiger partial charge in [-0.15, -0.1) is 0 Å². The maximum Gasteiger partial charge on any atom is 0.106 e. The molecule has 0 aromatic rings. The molecule has 122 valence electrons. The molecule has 0 aromatic heterocycles. The summed E-state index contributed by atoms with van der Waals surface area (Å²) < 4.78 is 6.34. The summed E-state index contributed by atoms with van der Waals surface area (Å²) in [4.78, 5) is 0.